The summed E-state index contributed by atoms with van der Waals surface area (Å²) in [4.78, 5) is 16.7. The van der Waals surface area contributed by atoms with Gasteiger partial charge in [-0.25, -0.2) is 4.98 Å². The Hall–Kier alpha value is -1.34. The molecule has 2 N–H and O–H groups in total. The van der Waals surface area contributed by atoms with Crippen molar-refractivity contribution in [1.29, 1.82) is 0 Å². The summed E-state index contributed by atoms with van der Waals surface area (Å²) in [6.07, 6.45) is 2.31. The first-order valence-corrected chi connectivity index (χ1v) is 6.98. The van der Waals surface area contributed by atoms with Crippen molar-refractivity contribution in [3.63, 3.8) is 0 Å². The number of nitrogens with zero attached hydrogens (tertiary/aromatic N) is 2. The third-order valence-electron chi connectivity index (χ3n) is 2.01. The molecule has 0 aliphatic carbocycles. The molecule has 0 aliphatic rings. The first-order valence-electron chi connectivity index (χ1n) is 5.12. The maximum atomic E-state index is 11.5. The van der Waals surface area contributed by atoms with E-state index in [2.05, 4.69) is 26.6 Å². The predicted molar refractivity (Wildman–Crippen MR) is 68.1 cm³/mol. The van der Waals surface area contributed by atoms with E-state index in [-0.39, 0.29) is 5.91 Å². The first kappa shape index (κ1) is 12.1. The van der Waals surface area contributed by atoms with Crippen LogP contribution in [0.3, 0.4) is 0 Å². The van der Waals surface area contributed by atoms with E-state index in [1.165, 1.54) is 23.0 Å². The third-order valence-corrected chi connectivity index (χ3v) is 3.82. The van der Waals surface area contributed by atoms with Crippen LogP contribution < -0.4 is 5.32 Å². The third kappa shape index (κ3) is 4.20. The van der Waals surface area contributed by atoms with Crippen LogP contribution in [-0.4, -0.2) is 33.4 Å². The number of H-pyrrole nitrogens is 1. The maximum absolute atomic E-state index is 11.5. The minimum atomic E-state index is 0.0166. The number of thiophene rings is 1. The van der Waals surface area contributed by atoms with Gasteiger partial charge in [0, 0.05) is 11.4 Å². The second-order valence-electron chi connectivity index (χ2n) is 3.26. The average Bonchev–Trinajstić information content (AvgIpc) is 2.99. The highest BCUT2D eigenvalue weighted by atomic mass is 32.2. The van der Waals surface area contributed by atoms with Crippen LogP contribution >= 0.6 is 23.1 Å². The lowest BCUT2D eigenvalue weighted by atomic mass is 10.3. The van der Waals surface area contributed by atoms with Crippen molar-refractivity contribution in [3.8, 4) is 0 Å². The topological polar surface area (TPSA) is 70.7 Å². The molecule has 2 rings (SSSR count). The number of aromatic nitrogens is 3. The van der Waals surface area contributed by atoms with E-state index in [9.17, 15) is 4.79 Å². The molecule has 0 spiro atoms. The van der Waals surface area contributed by atoms with Gasteiger partial charge in [-0.15, -0.1) is 11.3 Å². The van der Waals surface area contributed by atoms with E-state index in [1.807, 2.05) is 11.4 Å². The van der Waals surface area contributed by atoms with Crippen molar-refractivity contribution in [2.75, 3.05) is 12.3 Å². The summed E-state index contributed by atoms with van der Waals surface area (Å²) in [7, 11) is 0. The monoisotopic (exact) mass is 268 g/mol. The smallest absolute Gasteiger partial charge is 0.230 e. The Morgan fingerprint density at radius 1 is 1.59 bits per heavy atom. The van der Waals surface area contributed by atoms with Crippen molar-refractivity contribution >= 4 is 29.0 Å². The first-order chi connectivity index (χ1) is 8.34. The molecule has 0 radical (unpaired) electrons. The van der Waals surface area contributed by atoms with Crippen LogP contribution in [0.4, 0.5) is 0 Å². The summed E-state index contributed by atoms with van der Waals surface area (Å²) in [6.45, 7) is 0.677. The lowest BCUT2D eigenvalue weighted by Gasteiger charge is -2.02. The molecule has 0 bridgehead atoms. The Balaban J connectivity index is 1.61. The van der Waals surface area contributed by atoms with Gasteiger partial charge < -0.3 is 5.32 Å². The molecule has 2 heterocycles. The van der Waals surface area contributed by atoms with Crippen LogP contribution in [0.1, 0.15) is 4.88 Å². The Labute approximate surface area is 107 Å². The minimum Gasteiger partial charge on any atom is -0.355 e. The molecule has 0 aliphatic heterocycles. The number of nitrogens with one attached hydrogen (secondary N) is 2. The standard InChI is InChI=1S/C10H12N4OS2/c15-9(6-17-10-12-7-13-14-10)11-4-3-8-2-1-5-16-8/h1-2,5,7H,3-4,6H2,(H,11,15)(H,12,13,14). The number of hydrogen-bond acceptors (Lipinski definition) is 5. The number of amides is 1. The molecule has 0 atom stereocenters. The zero-order valence-electron chi connectivity index (χ0n) is 9.05. The van der Waals surface area contributed by atoms with E-state index in [1.54, 1.807) is 11.3 Å². The van der Waals surface area contributed by atoms with Crippen molar-refractivity contribution < 1.29 is 4.79 Å². The Kier molecular flexibility index (Phi) is 4.57. The van der Waals surface area contributed by atoms with Gasteiger partial charge in [-0.05, 0) is 17.9 Å². The predicted octanol–water partition coefficient (Wildman–Crippen LogP) is 1.32. The summed E-state index contributed by atoms with van der Waals surface area (Å²) in [5.41, 5.74) is 0. The summed E-state index contributed by atoms with van der Waals surface area (Å²) in [5.74, 6) is 0.377. The number of thioether (sulfide) groups is 1. The van der Waals surface area contributed by atoms with Gasteiger partial charge in [0.15, 0.2) is 5.16 Å². The number of carbonyl (C=O) groups is 1. The summed E-state index contributed by atoms with van der Waals surface area (Å²) in [5, 5.41) is 12.0. The number of rotatable bonds is 6. The molecule has 90 valence electrons. The Bertz CT molecular complexity index is 441. The van der Waals surface area contributed by atoms with Gasteiger partial charge in [0.25, 0.3) is 0 Å². The van der Waals surface area contributed by atoms with Crippen molar-refractivity contribution in [2.45, 2.75) is 11.6 Å². The Morgan fingerprint density at radius 2 is 2.53 bits per heavy atom. The average molecular weight is 268 g/mol. The van der Waals surface area contributed by atoms with E-state index in [4.69, 9.17) is 0 Å². The highest BCUT2D eigenvalue weighted by molar-refractivity contribution is 7.99. The van der Waals surface area contributed by atoms with E-state index in [0.717, 1.165) is 6.42 Å². The normalized spacial score (nSPS) is 10.4. The second-order valence-corrected chi connectivity index (χ2v) is 5.25. The Morgan fingerprint density at radius 3 is 3.24 bits per heavy atom. The number of aromatic amines is 1. The van der Waals surface area contributed by atoms with Crippen molar-refractivity contribution in [2.24, 2.45) is 0 Å². The van der Waals surface area contributed by atoms with Gasteiger partial charge in [0.1, 0.15) is 6.33 Å². The highest BCUT2D eigenvalue weighted by Crippen LogP contribution is 2.10. The van der Waals surface area contributed by atoms with Gasteiger partial charge in [0.2, 0.25) is 5.91 Å². The quantitative estimate of drug-likeness (QED) is 0.775. The molecule has 0 unspecified atom stereocenters. The minimum absolute atomic E-state index is 0.0166. The van der Waals surface area contributed by atoms with Crippen LogP contribution in [0.25, 0.3) is 0 Å². The van der Waals surface area contributed by atoms with Crippen LogP contribution in [0.2, 0.25) is 0 Å². The molecule has 1 amide bonds. The van der Waals surface area contributed by atoms with Crippen LogP contribution in [-0.2, 0) is 11.2 Å². The zero-order chi connectivity index (χ0) is 11.9. The van der Waals surface area contributed by atoms with Crippen LogP contribution in [0.15, 0.2) is 29.0 Å². The van der Waals surface area contributed by atoms with Gasteiger partial charge in [-0.3, -0.25) is 9.89 Å². The van der Waals surface area contributed by atoms with E-state index >= 15 is 0 Å². The molecule has 7 heteroatoms. The lowest BCUT2D eigenvalue weighted by molar-refractivity contribution is -0.118. The molecule has 0 saturated heterocycles. The SMILES string of the molecule is O=C(CSc1ncn[nH]1)NCCc1cccs1. The molecular weight excluding hydrogens is 256 g/mol. The fourth-order valence-electron chi connectivity index (χ4n) is 1.23. The molecular formula is C10H12N4OS2. The van der Waals surface area contributed by atoms with Gasteiger partial charge in [0.05, 0.1) is 5.75 Å². The fraction of sp³-hybridized carbons (Fsp3) is 0.300. The molecule has 2 aromatic rings. The largest absolute Gasteiger partial charge is 0.355 e. The molecule has 17 heavy (non-hydrogen) atoms. The summed E-state index contributed by atoms with van der Waals surface area (Å²) in [6, 6.07) is 4.08. The van der Waals surface area contributed by atoms with Crippen molar-refractivity contribution in [3.05, 3.63) is 28.7 Å². The number of hydrogen-bond donors (Lipinski definition) is 2. The lowest BCUT2D eigenvalue weighted by Crippen LogP contribution is -2.27. The number of carbonyl (C=O) groups excluding carboxylic acids is 1. The summed E-state index contributed by atoms with van der Waals surface area (Å²) < 4.78 is 0. The van der Waals surface area contributed by atoms with Gasteiger partial charge >= 0.3 is 0 Å². The summed E-state index contributed by atoms with van der Waals surface area (Å²) >= 11 is 3.05. The van der Waals surface area contributed by atoms with Crippen LogP contribution in [0.5, 0.6) is 0 Å². The van der Waals surface area contributed by atoms with Crippen LogP contribution in [0, 0.1) is 0 Å². The maximum Gasteiger partial charge on any atom is 0.230 e. The van der Waals surface area contributed by atoms with Gasteiger partial charge in [-0.1, -0.05) is 17.8 Å². The highest BCUT2D eigenvalue weighted by Gasteiger charge is 2.04. The molecule has 0 saturated carbocycles. The molecule has 0 fully saturated rings. The molecule has 2 aromatic heterocycles. The van der Waals surface area contributed by atoms with Crippen molar-refractivity contribution in [1.82, 2.24) is 20.5 Å². The molecule has 0 aromatic carbocycles. The van der Waals surface area contributed by atoms with E-state index < -0.39 is 0 Å². The second kappa shape index (κ2) is 6.41. The molecule has 5 nitrogen and oxygen atoms in total. The zero-order valence-corrected chi connectivity index (χ0v) is 10.7. The van der Waals surface area contributed by atoms with E-state index in [0.29, 0.717) is 17.5 Å². The van der Waals surface area contributed by atoms with Gasteiger partial charge in [-0.2, -0.15) is 5.10 Å². The fourth-order valence-corrected chi connectivity index (χ4v) is 2.55.